The first-order chi connectivity index (χ1) is 12.4. The van der Waals surface area contributed by atoms with E-state index in [-0.39, 0.29) is 24.9 Å². The Balaban J connectivity index is 1.53. The van der Waals surface area contributed by atoms with Gasteiger partial charge in [-0.2, -0.15) is 0 Å². The van der Waals surface area contributed by atoms with Gasteiger partial charge in [0.05, 0.1) is 13.1 Å². The zero-order valence-electron chi connectivity index (χ0n) is 15.5. The molecule has 1 aromatic heterocycles. The second kappa shape index (κ2) is 6.46. The van der Waals surface area contributed by atoms with Crippen molar-refractivity contribution in [3.63, 3.8) is 0 Å². The number of benzene rings is 1. The number of likely N-dealkylation sites (tertiary alicyclic amines) is 1. The number of hydrogen-bond donors (Lipinski definition) is 1. The molecule has 1 aliphatic heterocycles. The predicted molar refractivity (Wildman–Crippen MR) is 104 cm³/mol. The van der Waals surface area contributed by atoms with E-state index in [0.29, 0.717) is 12.5 Å². The fourth-order valence-corrected chi connectivity index (χ4v) is 5.24. The molecule has 1 aromatic carbocycles. The monoisotopic (exact) mass is 372 g/mol. The van der Waals surface area contributed by atoms with Crippen molar-refractivity contribution in [3.8, 4) is 10.4 Å². The molecule has 2 fully saturated rings. The molecule has 1 amide bonds. The number of carbonyl (C=O) groups excluding carboxylic acids is 1. The van der Waals surface area contributed by atoms with Crippen LogP contribution in [-0.4, -0.2) is 30.1 Å². The summed E-state index contributed by atoms with van der Waals surface area (Å²) >= 11 is 1.78. The molecule has 2 unspecified atom stereocenters. The molecule has 1 aliphatic carbocycles. The Morgan fingerprint density at radius 2 is 2.00 bits per heavy atom. The maximum absolute atomic E-state index is 13.0. The van der Waals surface area contributed by atoms with Crippen molar-refractivity contribution in [2.75, 3.05) is 13.1 Å². The molecule has 2 atom stereocenters. The van der Waals surface area contributed by atoms with E-state index in [1.165, 1.54) is 37.6 Å². The SMILES string of the molecule is Cc1cc(C2CC2C(=O)N2CC(F)C2)ccc1-c1sc(CN)c(C)c1C. The average Bonchev–Trinajstić information content (AvgIpc) is 3.34. The standard InChI is InChI=1S/C21H25FN2OS/c1-11-6-14(17-7-18(17)21(25)24-9-15(22)10-24)4-5-16(11)20-13(3)12(2)19(8-23)26-20/h4-6,15,17-18H,7-10,23H2,1-3H3. The molecule has 2 aliphatic rings. The second-order valence-electron chi connectivity index (χ2n) is 7.67. The lowest BCUT2D eigenvalue weighted by Gasteiger charge is -2.34. The molecule has 4 rings (SSSR count). The van der Waals surface area contributed by atoms with Gasteiger partial charge in [0, 0.05) is 22.2 Å². The van der Waals surface area contributed by atoms with Gasteiger partial charge in [0.15, 0.2) is 0 Å². The third-order valence-corrected chi connectivity index (χ3v) is 7.36. The summed E-state index contributed by atoms with van der Waals surface area (Å²) in [4.78, 5) is 16.6. The number of halogens is 1. The summed E-state index contributed by atoms with van der Waals surface area (Å²) in [6, 6.07) is 6.56. The maximum Gasteiger partial charge on any atom is 0.226 e. The van der Waals surface area contributed by atoms with Crippen LogP contribution in [0.15, 0.2) is 18.2 Å². The van der Waals surface area contributed by atoms with Crippen molar-refractivity contribution in [3.05, 3.63) is 45.3 Å². The van der Waals surface area contributed by atoms with Gasteiger partial charge in [-0.3, -0.25) is 4.79 Å². The maximum atomic E-state index is 13.0. The highest BCUT2D eigenvalue weighted by Gasteiger charge is 2.48. The average molecular weight is 373 g/mol. The number of aryl methyl sites for hydroxylation is 1. The molecule has 2 heterocycles. The van der Waals surface area contributed by atoms with Crippen LogP contribution in [0.1, 0.15) is 39.5 Å². The van der Waals surface area contributed by atoms with E-state index in [4.69, 9.17) is 5.73 Å². The predicted octanol–water partition coefficient (Wildman–Crippen LogP) is 4.08. The van der Waals surface area contributed by atoms with Crippen LogP contribution >= 0.6 is 11.3 Å². The lowest BCUT2D eigenvalue weighted by atomic mass is 9.98. The van der Waals surface area contributed by atoms with Crippen molar-refractivity contribution < 1.29 is 9.18 Å². The van der Waals surface area contributed by atoms with E-state index in [1.807, 2.05) is 0 Å². The van der Waals surface area contributed by atoms with Crippen molar-refractivity contribution >= 4 is 17.2 Å². The number of hydrogen-bond acceptors (Lipinski definition) is 3. The second-order valence-corrected chi connectivity index (χ2v) is 8.78. The number of nitrogens with zero attached hydrogens (tertiary/aromatic N) is 1. The minimum Gasteiger partial charge on any atom is -0.336 e. The van der Waals surface area contributed by atoms with Gasteiger partial charge in [-0.1, -0.05) is 18.2 Å². The Hall–Kier alpha value is -1.72. The van der Waals surface area contributed by atoms with Crippen molar-refractivity contribution in [2.24, 2.45) is 11.7 Å². The lowest BCUT2D eigenvalue weighted by Crippen LogP contribution is -2.52. The third kappa shape index (κ3) is 2.87. The molecule has 1 saturated heterocycles. The van der Waals surface area contributed by atoms with Crippen LogP contribution < -0.4 is 5.73 Å². The topological polar surface area (TPSA) is 46.3 Å². The largest absolute Gasteiger partial charge is 0.336 e. The Morgan fingerprint density at radius 1 is 1.27 bits per heavy atom. The Bertz CT molecular complexity index is 869. The number of amides is 1. The molecule has 2 N–H and O–H groups in total. The molecule has 2 aromatic rings. The van der Waals surface area contributed by atoms with E-state index in [9.17, 15) is 9.18 Å². The Morgan fingerprint density at radius 3 is 2.58 bits per heavy atom. The quantitative estimate of drug-likeness (QED) is 0.879. The number of nitrogens with two attached hydrogens (primary N) is 1. The minimum absolute atomic E-state index is 0.0438. The highest BCUT2D eigenvalue weighted by Crippen LogP contribution is 2.50. The summed E-state index contributed by atoms with van der Waals surface area (Å²) in [5.41, 5.74) is 12.2. The molecule has 5 heteroatoms. The molecule has 0 radical (unpaired) electrons. The number of thiophene rings is 1. The third-order valence-electron chi connectivity index (χ3n) is 5.91. The molecule has 0 bridgehead atoms. The van der Waals surface area contributed by atoms with Crippen LogP contribution in [0.3, 0.4) is 0 Å². The summed E-state index contributed by atoms with van der Waals surface area (Å²) < 4.78 is 13.0. The molecule has 0 spiro atoms. The van der Waals surface area contributed by atoms with Gasteiger partial charge >= 0.3 is 0 Å². The Labute approximate surface area is 158 Å². The van der Waals surface area contributed by atoms with E-state index >= 15 is 0 Å². The van der Waals surface area contributed by atoms with Crippen molar-refractivity contribution in [1.29, 1.82) is 0 Å². The minimum atomic E-state index is -0.825. The van der Waals surface area contributed by atoms with Gasteiger partial charge in [0.2, 0.25) is 5.91 Å². The van der Waals surface area contributed by atoms with Crippen LogP contribution in [0, 0.1) is 26.7 Å². The van der Waals surface area contributed by atoms with Gasteiger partial charge in [-0.15, -0.1) is 11.3 Å². The number of alkyl halides is 1. The van der Waals surface area contributed by atoms with E-state index < -0.39 is 6.17 Å². The summed E-state index contributed by atoms with van der Waals surface area (Å²) in [5, 5.41) is 0. The molecular weight excluding hydrogens is 347 g/mol. The van der Waals surface area contributed by atoms with E-state index in [2.05, 4.69) is 39.0 Å². The lowest BCUT2D eigenvalue weighted by molar-refractivity contribution is -0.139. The highest BCUT2D eigenvalue weighted by molar-refractivity contribution is 7.15. The number of carbonyl (C=O) groups is 1. The number of rotatable bonds is 4. The molecule has 26 heavy (non-hydrogen) atoms. The van der Waals surface area contributed by atoms with Crippen LogP contribution in [0.25, 0.3) is 10.4 Å². The first kappa shape index (κ1) is 17.7. The first-order valence-corrected chi connectivity index (χ1v) is 10.0. The van der Waals surface area contributed by atoms with Crippen LogP contribution in [0.4, 0.5) is 4.39 Å². The van der Waals surface area contributed by atoms with Crippen LogP contribution in [0.2, 0.25) is 0 Å². The summed E-state index contributed by atoms with van der Waals surface area (Å²) in [5.74, 6) is 0.463. The van der Waals surface area contributed by atoms with Gasteiger partial charge in [0.25, 0.3) is 0 Å². The molecule has 3 nitrogen and oxygen atoms in total. The first-order valence-electron chi connectivity index (χ1n) is 9.23. The van der Waals surface area contributed by atoms with Crippen LogP contribution in [0.5, 0.6) is 0 Å². The molecular formula is C21H25FN2OS. The van der Waals surface area contributed by atoms with Crippen molar-refractivity contribution in [2.45, 2.75) is 45.8 Å². The fourth-order valence-electron chi connectivity index (χ4n) is 3.96. The summed E-state index contributed by atoms with van der Waals surface area (Å²) in [6.07, 6.45) is 0.0630. The van der Waals surface area contributed by atoms with Crippen LogP contribution in [-0.2, 0) is 11.3 Å². The molecule has 138 valence electrons. The van der Waals surface area contributed by atoms with Gasteiger partial charge in [0.1, 0.15) is 6.17 Å². The Kier molecular flexibility index (Phi) is 4.40. The van der Waals surface area contributed by atoms with E-state index in [0.717, 1.165) is 6.42 Å². The molecule has 1 saturated carbocycles. The zero-order valence-corrected chi connectivity index (χ0v) is 16.3. The smallest absolute Gasteiger partial charge is 0.226 e. The zero-order chi connectivity index (χ0) is 18.6. The van der Waals surface area contributed by atoms with Gasteiger partial charge in [-0.05, 0) is 60.9 Å². The van der Waals surface area contributed by atoms with Crippen molar-refractivity contribution in [1.82, 2.24) is 4.90 Å². The van der Waals surface area contributed by atoms with Gasteiger partial charge < -0.3 is 10.6 Å². The fraction of sp³-hybridized carbons (Fsp3) is 0.476. The summed E-state index contributed by atoms with van der Waals surface area (Å²) in [6.45, 7) is 7.57. The highest BCUT2D eigenvalue weighted by atomic mass is 32.1. The summed E-state index contributed by atoms with van der Waals surface area (Å²) in [7, 11) is 0. The van der Waals surface area contributed by atoms with E-state index in [1.54, 1.807) is 16.2 Å². The normalized spacial score (nSPS) is 22.4. The van der Waals surface area contributed by atoms with Gasteiger partial charge in [-0.25, -0.2) is 4.39 Å².